The Morgan fingerprint density at radius 2 is 2.00 bits per heavy atom. The van der Waals surface area contributed by atoms with E-state index in [0.717, 1.165) is 30.5 Å². The van der Waals surface area contributed by atoms with Gasteiger partial charge >= 0.3 is 0 Å². The van der Waals surface area contributed by atoms with Crippen LogP contribution in [0.15, 0.2) is 54.7 Å². The van der Waals surface area contributed by atoms with E-state index in [1.807, 2.05) is 48.5 Å². The molecular weight excluding hydrogens is 439 g/mol. The second-order valence-electron chi connectivity index (χ2n) is 7.89. The van der Waals surface area contributed by atoms with E-state index in [1.54, 1.807) is 7.11 Å². The molecule has 4 rings (SSSR count). The molecule has 34 heavy (non-hydrogen) atoms. The molecule has 1 aromatic heterocycles. The third kappa shape index (κ3) is 5.90. The molecule has 178 valence electrons. The maximum absolute atomic E-state index is 14.4. The number of halogens is 1. The number of aromatic nitrogens is 2. The second kappa shape index (κ2) is 10.8. The van der Waals surface area contributed by atoms with Crippen molar-refractivity contribution < 1.29 is 18.7 Å². The first-order chi connectivity index (χ1) is 16.5. The minimum Gasteiger partial charge on any atom is -0.491 e. The predicted octanol–water partition coefficient (Wildman–Crippen LogP) is 3.44. The van der Waals surface area contributed by atoms with Crippen LogP contribution in [0.2, 0.25) is 0 Å². The van der Waals surface area contributed by atoms with Crippen LogP contribution < -0.4 is 26.0 Å². The molecule has 1 aliphatic heterocycles. The summed E-state index contributed by atoms with van der Waals surface area (Å²) < 4.78 is 24.9. The van der Waals surface area contributed by atoms with E-state index in [1.165, 1.54) is 0 Å². The highest BCUT2D eigenvalue weighted by Gasteiger charge is 2.26. The molecule has 1 saturated heterocycles. The van der Waals surface area contributed by atoms with Crippen LogP contribution in [0.4, 0.5) is 33.2 Å². The molecule has 4 N–H and O–H groups in total. The van der Waals surface area contributed by atoms with Crippen LogP contribution in [0, 0.1) is 11.7 Å². The summed E-state index contributed by atoms with van der Waals surface area (Å²) in [5.74, 6) is -0.0101. The number of nitrogens with zero attached hydrogens (tertiary/aromatic N) is 3. The first-order valence-corrected chi connectivity index (χ1v) is 10.9. The highest BCUT2D eigenvalue weighted by molar-refractivity contribution is 5.78. The maximum Gasteiger partial charge on any atom is 0.229 e. The summed E-state index contributed by atoms with van der Waals surface area (Å²) in [6, 6.07) is 14.8. The molecule has 1 atom stereocenters. The van der Waals surface area contributed by atoms with E-state index in [-0.39, 0.29) is 23.6 Å². The van der Waals surface area contributed by atoms with Crippen molar-refractivity contribution in [2.75, 3.05) is 48.9 Å². The Hall–Kier alpha value is -3.92. The number of nitrogens with two attached hydrogens (primary N) is 1. The largest absolute Gasteiger partial charge is 0.491 e. The first-order valence-electron chi connectivity index (χ1n) is 10.9. The van der Waals surface area contributed by atoms with E-state index in [0.29, 0.717) is 31.2 Å². The fourth-order valence-electron chi connectivity index (χ4n) is 3.67. The Morgan fingerprint density at radius 1 is 1.18 bits per heavy atom. The molecular formula is C24H27FN6O3. The SMILES string of the molecule is COCCOc1ccc(Nc2ncc(F)c(Nc3cccc(N4CCC(C(N)=O)C4)c3)n2)cc1. The lowest BCUT2D eigenvalue weighted by Crippen LogP contribution is -2.27. The van der Waals surface area contributed by atoms with Gasteiger partial charge in [0.25, 0.3) is 0 Å². The van der Waals surface area contributed by atoms with Gasteiger partial charge in [-0.2, -0.15) is 4.98 Å². The van der Waals surface area contributed by atoms with Crippen LogP contribution in [0.1, 0.15) is 6.42 Å². The topological polar surface area (TPSA) is 115 Å². The van der Waals surface area contributed by atoms with Gasteiger partial charge in [0, 0.05) is 37.3 Å². The van der Waals surface area contributed by atoms with Crippen LogP contribution in [0.25, 0.3) is 0 Å². The number of carbonyl (C=O) groups is 1. The number of hydrogen-bond acceptors (Lipinski definition) is 8. The number of primary amides is 1. The van der Waals surface area contributed by atoms with Gasteiger partial charge in [0.15, 0.2) is 11.6 Å². The normalized spacial score (nSPS) is 15.2. The molecule has 0 saturated carbocycles. The summed E-state index contributed by atoms with van der Waals surface area (Å²) in [6.07, 6.45) is 1.84. The molecule has 1 aliphatic rings. The number of rotatable bonds is 10. The quantitative estimate of drug-likeness (QED) is 0.389. The zero-order valence-corrected chi connectivity index (χ0v) is 18.8. The van der Waals surface area contributed by atoms with Gasteiger partial charge in [-0.15, -0.1) is 0 Å². The van der Waals surface area contributed by atoms with Gasteiger partial charge in [-0.25, -0.2) is 9.37 Å². The Bertz CT molecular complexity index is 1130. The molecule has 1 unspecified atom stereocenters. The molecule has 0 spiro atoms. The standard InChI is InChI=1S/C24H27FN6O3/c1-33-11-12-34-20-7-5-17(6-8-20)29-24-27-14-21(25)23(30-24)28-18-3-2-4-19(13-18)31-10-9-16(15-31)22(26)32/h2-8,13-14,16H,9-12,15H2,1H3,(H2,26,32)(H2,27,28,29,30). The fourth-order valence-corrected chi connectivity index (χ4v) is 3.67. The Balaban J connectivity index is 1.42. The van der Waals surface area contributed by atoms with E-state index < -0.39 is 5.82 Å². The van der Waals surface area contributed by atoms with Crippen molar-refractivity contribution in [3.63, 3.8) is 0 Å². The smallest absolute Gasteiger partial charge is 0.229 e. The first kappa shape index (κ1) is 23.2. The minimum absolute atomic E-state index is 0.0469. The van der Waals surface area contributed by atoms with Gasteiger partial charge in [-0.1, -0.05) is 6.07 Å². The molecule has 0 aliphatic carbocycles. The lowest BCUT2D eigenvalue weighted by molar-refractivity contribution is -0.121. The molecule has 0 radical (unpaired) electrons. The van der Waals surface area contributed by atoms with Crippen molar-refractivity contribution in [3.05, 3.63) is 60.5 Å². The van der Waals surface area contributed by atoms with Crippen molar-refractivity contribution in [1.82, 2.24) is 9.97 Å². The van der Waals surface area contributed by atoms with Crippen molar-refractivity contribution in [3.8, 4) is 5.75 Å². The van der Waals surface area contributed by atoms with Crippen molar-refractivity contribution in [1.29, 1.82) is 0 Å². The fraction of sp³-hybridized carbons (Fsp3) is 0.292. The number of amides is 1. The van der Waals surface area contributed by atoms with Crippen LogP contribution in [0.3, 0.4) is 0 Å². The van der Waals surface area contributed by atoms with Gasteiger partial charge in [0.05, 0.1) is 18.7 Å². The van der Waals surface area contributed by atoms with Crippen molar-refractivity contribution in [2.24, 2.45) is 11.7 Å². The van der Waals surface area contributed by atoms with E-state index in [4.69, 9.17) is 15.2 Å². The molecule has 3 aromatic rings. The summed E-state index contributed by atoms with van der Waals surface area (Å²) in [6.45, 7) is 2.28. The third-order valence-corrected chi connectivity index (χ3v) is 5.48. The lowest BCUT2D eigenvalue weighted by atomic mass is 10.1. The number of ether oxygens (including phenoxy) is 2. The number of anilines is 5. The van der Waals surface area contributed by atoms with E-state index >= 15 is 0 Å². The molecule has 2 heterocycles. The zero-order chi connectivity index (χ0) is 23.9. The summed E-state index contributed by atoms with van der Waals surface area (Å²) in [5, 5.41) is 6.08. The van der Waals surface area contributed by atoms with Crippen LogP contribution in [-0.4, -0.2) is 49.3 Å². The Kier molecular flexibility index (Phi) is 7.38. The minimum atomic E-state index is -0.576. The molecule has 10 heteroatoms. The summed E-state index contributed by atoms with van der Waals surface area (Å²) in [5.41, 5.74) is 7.76. The number of hydrogen-bond donors (Lipinski definition) is 3. The average molecular weight is 467 g/mol. The van der Waals surface area contributed by atoms with Crippen LogP contribution in [0.5, 0.6) is 5.75 Å². The molecule has 1 fully saturated rings. The highest BCUT2D eigenvalue weighted by Crippen LogP contribution is 2.28. The molecule has 9 nitrogen and oxygen atoms in total. The number of benzene rings is 2. The summed E-state index contributed by atoms with van der Waals surface area (Å²) in [7, 11) is 1.62. The van der Waals surface area contributed by atoms with Gasteiger partial charge < -0.3 is 30.7 Å². The number of carbonyl (C=O) groups excluding carboxylic acids is 1. The average Bonchev–Trinajstić information content (AvgIpc) is 3.34. The Labute approximate surface area is 197 Å². The molecule has 0 bridgehead atoms. The Morgan fingerprint density at radius 3 is 2.74 bits per heavy atom. The summed E-state index contributed by atoms with van der Waals surface area (Å²) in [4.78, 5) is 21.9. The third-order valence-electron chi connectivity index (χ3n) is 5.48. The maximum atomic E-state index is 14.4. The van der Waals surface area contributed by atoms with Gasteiger partial charge in [-0.05, 0) is 48.9 Å². The van der Waals surface area contributed by atoms with E-state index in [9.17, 15) is 9.18 Å². The van der Waals surface area contributed by atoms with E-state index in [2.05, 4.69) is 25.5 Å². The second-order valence-corrected chi connectivity index (χ2v) is 7.89. The predicted molar refractivity (Wildman–Crippen MR) is 128 cm³/mol. The van der Waals surface area contributed by atoms with Gasteiger partial charge in [-0.3, -0.25) is 4.79 Å². The molecule has 2 aromatic carbocycles. The van der Waals surface area contributed by atoms with Gasteiger partial charge in [0.1, 0.15) is 12.4 Å². The highest BCUT2D eigenvalue weighted by atomic mass is 19.1. The van der Waals surface area contributed by atoms with Crippen LogP contribution in [-0.2, 0) is 9.53 Å². The lowest BCUT2D eigenvalue weighted by Gasteiger charge is -2.19. The van der Waals surface area contributed by atoms with Crippen molar-refractivity contribution in [2.45, 2.75) is 6.42 Å². The zero-order valence-electron chi connectivity index (χ0n) is 18.8. The van der Waals surface area contributed by atoms with Gasteiger partial charge in [0.2, 0.25) is 11.9 Å². The van der Waals surface area contributed by atoms with Crippen molar-refractivity contribution >= 4 is 34.7 Å². The number of nitrogens with one attached hydrogen (secondary N) is 2. The monoisotopic (exact) mass is 466 g/mol. The molecule has 1 amide bonds. The number of methoxy groups -OCH3 is 1. The van der Waals surface area contributed by atoms with Crippen LogP contribution >= 0.6 is 0 Å². The summed E-state index contributed by atoms with van der Waals surface area (Å²) >= 11 is 0.